The third-order valence-electron chi connectivity index (χ3n) is 6.71. The second-order valence-corrected chi connectivity index (χ2v) is 9.30. The highest BCUT2D eigenvalue weighted by atomic mass is 17.2. The quantitative estimate of drug-likeness (QED) is 0.198. The highest BCUT2D eigenvalue weighted by molar-refractivity contribution is 5.96. The van der Waals surface area contributed by atoms with Gasteiger partial charge in [-0.2, -0.15) is 0 Å². The average Bonchev–Trinajstić information content (AvgIpc) is 3.11. The molecule has 0 saturated heterocycles. The number of para-hydroxylation sites is 2. The molecule has 0 atom stereocenters. The Labute approximate surface area is 240 Å². The fraction of sp³-hybridized carbons (Fsp3) is 0.0303. The van der Waals surface area contributed by atoms with E-state index in [1.54, 1.807) is 37.4 Å². The summed E-state index contributed by atoms with van der Waals surface area (Å²) < 4.78 is 5.58. The van der Waals surface area contributed by atoms with Crippen LogP contribution in [-0.2, 0) is 0 Å². The zero-order valence-corrected chi connectivity index (χ0v) is 22.4. The maximum absolute atomic E-state index is 6.16. The van der Waals surface area contributed by atoms with Crippen molar-refractivity contribution in [2.24, 2.45) is 20.5 Å². The first-order chi connectivity index (χ1) is 20.8. The third-order valence-corrected chi connectivity index (χ3v) is 6.71. The smallest absolute Gasteiger partial charge is 0.234 e. The second-order valence-electron chi connectivity index (χ2n) is 9.30. The van der Waals surface area contributed by atoms with Crippen LogP contribution in [0.4, 0.5) is 22.7 Å². The van der Waals surface area contributed by atoms with Crippen LogP contribution in [0.5, 0.6) is 23.0 Å². The predicted octanol–water partition coefficient (Wildman–Crippen LogP) is 9.73. The maximum atomic E-state index is 6.16. The zero-order chi connectivity index (χ0) is 28.3. The Morgan fingerprint density at radius 2 is 1.29 bits per heavy atom. The molecule has 1 aliphatic heterocycles. The van der Waals surface area contributed by atoms with E-state index in [2.05, 4.69) is 20.5 Å². The molecular weight excluding hydrogens is 530 g/mol. The summed E-state index contributed by atoms with van der Waals surface area (Å²) in [6.45, 7) is 0. The molecule has 7 rings (SSSR count). The summed E-state index contributed by atoms with van der Waals surface area (Å²) >= 11 is 0. The molecule has 0 aromatic heterocycles. The molecule has 0 unspecified atom stereocenters. The number of rotatable bonds is 5. The highest BCUT2D eigenvalue weighted by Crippen LogP contribution is 2.42. The van der Waals surface area contributed by atoms with Gasteiger partial charge in [0.2, 0.25) is 5.39 Å². The topological polar surface area (TPSA) is 89.6 Å². The predicted molar refractivity (Wildman–Crippen MR) is 159 cm³/mol. The van der Waals surface area contributed by atoms with Gasteiger partial charge in [0.1, 0.15) is 28.5 Å². The Morgan fingerprint density at radius 3 is 2.17 bits per heavy atom. The van der Waals surface area contributed by atoms with Crippen molar-refractivity contribution in [2.75, 3.05) is 7.11 Å². The summed E-state index contributed by atoms with van der Waals surface area (Å²) in [5, 5.41) is 22.8. The van der Waals surface area contributed by atoms with Crippen molar-refractivity contribution in [3.8, 4) is 23.0 Å². The Kier molecular flexibility index (Phi) is 6.59. The van der Waals surface area contributed by atoms with Crippen LogP contribution >= 0.6 is 0 Å². The minimum atomic E-state index is 0.341. The first-order valence-corrected chi connectivity index (χ1v) is 13.2. The largest absolute Gasteiger partial charge is 0.494 e. The summed E-state index contributed by atoms with van der Waals surface area (Å²) in [5.41, 5.74) is 2.10. The standard InChI is InChI=1S/C33H23N5O4/c1-39-30-20-18-22-10-2-4-12-24(22)32(30)36-34-26-14-6-8-16-28(26)40-38-41-29-17-9-7-15-27(29)35-37-33-25-13-5-3-11-23(25)19-21-31(33)42-38/h2-21H,1H3. The molecule has 9 nitrogen and oxygen atoms in total. The van der Waals surface area contributed by atoms with Crippen molar-refractivity contribution in [1.29, 1.82) is 0 Å². The number of benzene rings is 6. The number of ether oxygens (including phenoxy) is 1. The van der Waals surface area contributed by atoms with Crippen molar-refractivity contribution in [3.63, 3.8) is 0 Å². The number of fused-ring (bicyclic) bond motifs is 5. The van der Waals surface area contributed by atoms with Crippen LogP contribution in [0.3, 0.4) is 0 Å². The van der Waals surface area contributed by atoms with E-state index in [1.165, 1.54) is 0 Å². The molecular formula is C33H23N5O4. The molecule has 0 radical (unpaired) electrons. The number of hydrogen-bond donors (Lipinski definition) is 0. The normalized spacial score (nSPS) is 13.0. The molecule has 0 saturated carbocycles. The lowest BCUT2D eigenvalue weighted by atomic mass is 10.1. The van der Waals surface area contributed by atoms with Gasteiger partial charge >= 0.3 is 0 Å². The minimum Gasteiger partial charge on any atom is -0.494 e. The number of azo groups is 2. The van der Waals surface area contributed by atoms with Gasteiger partial charge in [0.05, 0.1) is 7.11 Å². The van der Waals surface area contributed by atoms with E-state index in [4.69, 9.17) is 19.2 Å². The SMILES string of the molecule is COc1ccc2ccccc2c1N=Nc1ccccc1ON1Oc2ccccc2N=Nc2c(ccc3ccccc23)O1. The molecule has 6 aromatic carbocycles. The lowest BCUT2D eigenvalue weighted by molar-refractivity contribution is -0.407. The fourth-order valence-corrected chi connectivity index (χ4v) is 4.65. The third kappa shape index (κ3) is 4.85. The second kappa shape index (κ2) is 11.0. The molecule has 0 aliphatic carbocycles. The summed E-state index contributed by atoms with van der Waals surface area (Å²) in [6, 6.07) is 37.8. The van der Waals surface area contributed by atoms with E-state index in [-0.39, 0.29) is 0 Å². The molecule has 42 heavy (non-hydrogen) atoms. The lowest BCUT2D eigenvalue weighted by Crippen LogP contribution is -2.34. The van der Waals surface area contributed by atoms with E-state index in [0.29, 0.717) is 45.7 Å². The summed E-state index contributed by atoms with van der Waals surface area (Å²) in [4.78, 5) is 18.3. The van der Waals surface area contributed by atoms with E-state index in [0.717, 1.165) is 26.9 Å². The summed E-state index contributed by atoms with van der Waals surface area (Å²) in [5.74, 6) is 1.73. The number of nitrogens with zero attached hydrogens (tertiary/aromatic N) is 5. The molecule has 0 fully saturated rings. The van der Waals surface area contributed by atoms with Crippen LogP contribution in [-0.4, -0.2) is 12.5 Å². The molecule has 0 N–H and O–H groups in total. The van der Waals surface area contributed by atoms with Crippen molar-refractivity contribution in [1.82, 2.24) is 5.39 Å². The molecule has 1 heterocycles. The molecule has 0 bridgehead atoms. The van der Waals surface area contributed by atoms with Gasteiger partial charge in [0.15, 0.2) is 17.2 Å². The van der Waals surface area contributed by atoms with Gasteiger partial charge in [-0.15, -0.1) is 20.5 Å². The van der Waals surface area contributed by atoms with Crippen LogP contribution < -0.4 is 19.2 Å². The molecule has 6 aromatic rings. The van der Waals surface area contributed by atoms with Crippen molar-refractivity contribution in [2.45, 2.75) is 0 Å². The number of hydrogen-bond acceptors (Lipinski definition) is 9. The molecule has 0 spiro atoms. The Hall–Kier alpha value is -5.80. The molecule has 0 amide bonds. The van der Waals surface area contributed by atoms with Gasteiger partial charge in [-0.3, -0.25) is 0 Å². The summed E-state index contributed by atoms with van der Waals surface area (Å²) in [6.07, 6.45) is 0. The van der Waals surface area contributed by atoms with Crippen molar-refractivity contribution < 1.29 is 19.2 Å². The first kappa shape index (κ1) is 25.2. The lowest BCUT2D eigenvalue weighted by Gasteiger charge is -2.21. The van der Waals surface area contributed by atoms with Crippen molar-refractivity contribution in [3.05, 3.63) is 121 Å². The average molecular weight is 554 g/mol. The van der Waals surface area contributed by atoms with Crippen molar-refractivity contribution >= 4 is 44.3 Å². The van der Waals surface area contributed by atoms with Crippen LogP contribution in [0.15, 0.2) is 142 Å². The van der Waals surface area contributed by atoms with Gasteiger partial charge < -0.3 is 19.2 Å². The Morgan fingerprint density at radius 1 is 0.595 bits per heavy atom. The van der Waals surface area contributed by atoms with Gasteiger partial charge in [-0.05, 0) is 47.2 Å². The Balaban J connectivity index is 1.27. The van der Waals surface area contributed by atoms with Gasteiger partial charge in [-0.25, -0.2) is 0 Å². The maximum Gasteiger partial charge on any atom is 0.234 e. The van der Waals surface area contributed by atoms with E-state index >= 15 is 0 Å². The summed E-state index contributed by atoms with van der Waals surface area (Å²) in [7, 11) is 1.61. The zero-order valence-electron chi connectivity index (χ0n) is 22.4. The van der Waals surface area contributed by atoms with Crippen LogP contribution in [0, 0.1) is 0 Å². The van der Waals surface area contributed by atoms with Crippen LogP contribution in [0.2, 0.25) is 0 Å². The van der Waals surface area contributed by atoms with E-state index in [9.17, 15) is 0 Å². The van der Waals surface area contributed by atoms with Gasteiger partial charge in [-0.1, -0.05) is 84.9 Å². The first-order valence-electron chi connectivity index (χ1n) is 13.2. The molecule has 9 heteroatoms. The minimum absolute atomic E-state index is 0.341. The van der Waals surface area contributed by atoms with Gasteiger partial charge in [0.25, 0.3) is 0 Å². The van der Waals surface area contributed by atoms with Crippen LogP contribution in [0.25, 0.3) is 21.5 Å². The number of methoxy groups -OCH3 is 1. The highest BCUT2D eigenvalue weighted by Gasteiger charge is 2.22. The molecule has 1 aliphatic rings. The van der Waals surface area contributed by atoms with Crippen LogP contribution in [0.1, 0.15) is 0 Å². The molecule has 204 valence electrons. The fourth-order valence-electron chi connectivity index (χ4n) is 4.65. The Bertz CT molecular complexity index is 1990. The van der Waals surface area contributed by atoms with E-state index in [1.807, 2.05) is 91.0 Å². The van der Waals surface area contributed by atoms with E-state index < -0.39 is 0 Å². The van der Waals surface area contributed by atoms with Gasteiger partial charge in [0, 0.05) is 10.8 Å². The monoisotopic (exact) mass is 553 g/mol.